The number of aromatic nitrogens is 1. The predicted molar refractivity (Wildman–Crippen MR) is 133 cm³/mol. The number of nitrogens with one attached hydrogen (secondary N) is 2. The normalized spacial score (nSPS) is 10.4. The second-order valence-electron chi connectivity index (χ2n) is 7.83. The molecule has 0 bridgehead atoms. The van der Waals surface area contributed by atoms with Gasteiger partial charge in [-0.2, -0.15) is 0 Å². The third-order valence-electron chi connectivity index (χ3n) is 5.38. The van der Waals surface area contributed by atoms with Crippen molar-refractivity contribution < 1.29 is 14.4 Å². The Morgan fingerprint density at radius 2 is 1.47 bits per heavy atom. The Morgan fingerprint density at radius 1 is 0.794 bits per heavy atom. The number of unbranched alkanes of at least 4 members (excludes halogenated alkanes) is 3. The molecular formula is C27H30N4O3. The van der Waals surface area contributed by atoms with Crippen LogP contribution in [0.1, 0.15) is 53.0 Å². The summed E-state index contributed by atoms with van der Waals surface area (Å²) in [5.41, 5.74) is 2.23. The molecule has 1 heterocycles. The van der Waals surface area contributed by atoms with E-state index < -0.39 is 0 Å². The van der Waals surface area contributed by atoms with Crippen molar-refractivity contribution in [2.75, 3.05) is 18.5 Å². The van der Waals surface area contributed by atoms with Crippen molar-refractivity contribution >= 4 is 29.1 Å². The Kier molecular flexibility index (Phi) is 9.34. The Bertz CT molecular complexity index is 1070. The molecule has 7 heteroatoms. The van der Waals surface area contributed by atoms with Gasteiger partial charge in [0.15, 0.2) is 0 Å². The van der Waals surface area contributed by atoms with Crippen molar-refractivity contribution in [3.8, 4) is 0 Å². The standard InChI is InChI=1S/C27H30N4O3/c1-28-25(32)14-7-2-3-9-20-30-26(33)21-15-17-23(18-16-21)31(22-11-5-4-6-12-22)27(34)24-13-8-10-19-29-24/h4-6,8,10-13,15-19H,2-3,7,9,14,20H2,1H3,(H,28,32)(H,30,33). The van der Waals surface area contributed by atoms with Crippen LogP contribution in [0, 0.1) is 0 Å². The number of amides is 3. The third kappa shape index (κ3) is 7.00. The molecule has 2 N–H and O–H groups in total. The van der Waals surface area contributed by atoms with Gasteiger partial charge >= 0.3 is 0 Å². The first-order chi connectivity index (χ1) is 16.6. The molecule has 2 aromatic carbocycles. The highest BCUT2D eigenvalue weighted by Crippen LogP contribution is 2.27. The van der Waals surface area contributed by atoms with Gasteiger partial charge in [0.1, 0.15) is 5.69 Å². The number of hydrogen-bond acceptors (Lipinski definition) is 4. The maximum Gasteiger partial charge on any atom is 0.281 e. The number of nitrogens with zero attached hydrogens (tertiary/aromatic N) is 2. The van der Waals surface area contributed by atoms with Gasteiger partial charge < -0.3 is 10.6 Å². The van der Waals surface area contributed by atoms with Gasteiger partial charge in [0, 0.05) is 43.1 Å². The first-order valence-corrected chi connectivity index (χ1v) is 11.5. The predicted octanol–water partition coefficient (Wildman–Crippen LogP) is 4.49. The molecule has 1 aromatic heterocycles. The summed E-state index contributed by atoms with van der Waals surface area (Å²) < 4.78 is 0. The number of benzene rings is 2. The van der Waals surface area contributed by atoms with Gasteiger partial charge in [-0.15, -0.1) is 0 Å². The summed E-state index contributed by atoms with van der Waals surface area (Å²) in [6.45, 7) is 0.578. The lowest BCUT2D eigenvalue weighted by Crippen LogP contribution is -2.27. The molecule has 3 aromatic rings. The van der Waals surface area contributed by atoms with E-state index in [-0.39, 0.29) is 17.7 Å². The molecular weight excluding hydrogens is 428 g/mol. The Labute approximate surface area is 200 Å². The van der Waals surface area contributed by atoms with E-state index in [1.165, 1.54) is 0 Å². The van der Waals surface area contributed by atoms with Crippen molar-refractivity contribution in [1.82, 2.24) is 15.6 Å². The van der Waals surface area contributed by atoms with Crippen LogP contribution in [0.25, 0.3) is 0 Å². The van der Waals surface area contributed by atoms with E-state index in [1.54, 1.807) is 60.6 Å². The quantitative estimate of drug-likeness (QED) is 0.414. The highest BCUT2D eigenvalue weighted by molar-refractivity contribution is 6.10. The molecule has 0 aliphatic carbocycles. The Morgan fingerprint density at radius 3 is 2.15 bits per heavy atom. The highest BCUT2D eigenvalue weighted by Gasteiger charge is 2.21. The van der Waals surface area contributed by atoms with Gasteiger partial charge in [-0.1, -0.05) is 37.1 Å². The first kappa shape index (κ1) is 24.6. The molecule has 3 rings (SSSR count). The average Bonchev–Trinajstić information content (AvgIpc) is 2.89. The van der Waals surface area contributed by atoms with Crippen LogP contribution in [-0.2, 0) is 4.79 Å². The van der Waals surface area contributed by atoms with Crippen LogP contribution in [0.4, 0.5) is 11.4 Å². The van der Waals surface area contributed by atoms with E-state index >= 15 is 0 Å². The van der Waals surface area contributed by atoms with Crippen molar-refractivity contribution in [2.24, 2.45) is 0 Å². The van der Waals surface area contributed by atoms with Crippen molar-refractivity contribution in [2.45, 2.75) is 32.1 Å². The van der Waals surface area contributed by atoms with Gasteiger partial charge in [-0.05, 0) is 61.4 Å². The zero-order chi connectivity index (χ0) is 24.2. The number of carbonyl (C=O) groups is 3. The van der Waals surface area contributed by atoms with Crippen molar-refractivity contribution in [3.63, 3.8) is 0 Å². The monoisotopic (exact) mass is 458 g/mol. The van der Waals surface area contributed by atoms with E-state index in [0.29, 0.717) is 35.6 Å². The third-order valence-corrected chi connectivity index (χ3v) is 5.38. The molecule has 0 saturated heterocycles. The fourth-order valence-corrected chi connectivity index (χ4v) is 3.52. The highest BCUT2D eigenvalue weighted by atomic mass is 16.2. The number of hydrogen-bond donors (Lipinski definition) is 2. The summed E-state index contributed by atoms with van der Waals surface area (Å²) in [6, 6.07) is 21.5. The molecule has 176 valence electrons. The lowest BCUT2D eigenvalue weighted by molar-refractivity contribution is -0.120. The minimum Gasteiger partial charge on any atom is -0.359 e. The minimum atomic E-state index is -0.250. The maximum absolute atomic E-state index is 13.2. The van der Waals surface area contributed by atoms with Crippen molar-refractivity contribution in [3.05, 3.63) is 90.3 Å². The van der Waals surface area contributed by atoms with Crippen LogP contribution in [0.2, 0.25) is 0 Å². The fourth-order valence-electron chi connectivity index (χ4n) is 3.52. The number of pyridine rings is 1. The van der Waals surface area contributed by atoms with Crippen LogP contribution < -0.4 is 15.5 Å². The maximum atomic E-state index is 13.2. The van der Waals surface area contributed by atoms with Crippen molar-refractivity contribution in [1.29, 1.82) is 0 Å². The summed E-state index contributed by atoms with van der Waals surface area (Å²) in [6.07, 6.45) is 5.75. The van der Waals surface area contributed by atoms with Crippen LogP contribution in [0.15, 0.2) is 79.0 Å². The van der Waals surface area contributed by atoms with E-state index in [2.05, 4.69) is 15.6 Å². The molecule has 0 saturated carbocycles. The topological polar surface area (TPSA) is 91.4 Å². The van der Waals surface area contributed by atoms with Crippen LogP contribution in [-0.4, -0.2) is 36.3 Å². The fraction of sp³-hybridized carbons (Fsp3) is 0.259. The lowest BCUT2D eigenvalue weighted by atomic mass is 10.1. The number of carbonyl (C=O) groups excluding carboxylic acids is 3. The first-order valence-electron chi connectivity index (χ1n) is 11.5. The molecule has 0 fully saturated rings. The molecule has 0 spiro atoms. The summed E-state index contributed by atoms with van der Waals surface area (Å²) in [4.78, 5) is 42.7. The molecule has 7 nitrogen and oxygen atoms in total. The second kappa shape index (κ2) is 12.9. The number of rotatable bonds is 11. The van der Waals surface area contributed by atoms with E-state index in [0.717, 1.165) is 25.7 Å². The van der Waals surface area contributed by atoms with Crippen LogP contribution in [0.5, 0.6) is 0 Å². The van der Waals surface area contributed by atoms with E-state index in [1.807, 2.05) is 30.3 Å². The minimum absolute atomic E-state index is 0.0595. The lowest BCUT2D eigenvalue weighted by Gasteiger charge is -2.23. The SMILES string of the molecule is CNC(=O)CCCCCCNC(=O)c1ccc(N(C(=O)c2ccccn2)c2ccccc2)cc1. The number of para-hydroxylation sites is 1. The molecule has 0 aliphatic heterocycles. The van der Waals surface area contributed by atoms with Gasteiger partial charge in [0.2, 0.25) is 5.91 Å². The summed E-state index contributed by atoms with van der Waals surface area (Å²) in [5.74, 6) is -0.344. The Balaban J connectivity index is 1.60. The van der Waals surface area contributed by atoms with Gasteiger partial charge in [-0.3, -0.25) is 24.3 Å². The molecule has 3 amide bonds. The van der Waals surface area contributed by atoms with Crippen LogP contribution in [0.3, 0.4) is 0 Å². The molecule has 0 atom stereocenters. The molecule has 34 heavy (non-hydrogen) atoms. The largest absolute Gasteiger partial charge is 0.359 e. The van der Waals surface area contributed by atoms with Gasteiger partial charge in [0.25, 0.3) is 11.8 Å². The van der Waals surface area contributed by atoms with E-state index in [9.17, 15) is 14.4 Å². The van der Waals surface area contributed by atoms with Crippen LogP contribution >= 0.6 is 0 Å². The number of anilines is 2. The zero-order valence-electron chi connectivity index (χ0n) is 19.4. The zero-order valence-corrected chi connectivity index (χ0v) is 19.4. The van der Waals surface area contributed by atoms with Gasteiger partial charge in [0.05, 0.1) is 0 Å². The second-order valence-corrected chi connectivity index (χ2v) is 7.83. The summed E-state index contributed by atoms with van der Waals surface area (Å²) in [5, 5.41) is 5.54. The molecule has 0 radical (unpaired) electrons. The molecule has 0 unspecified atom stereocenters. The smallest absolute Gasteiger partial charge is 0.281 e. The van der Waals surface area contributed by atoms with Gasteiger partial charge in [-0.25, -0.2) is 0 Å². The Hall–Kier alpha value is -4.00. The molecule has 0 aliphatic rings. The summed E-state index contributed by atoms with van der Waals surface area (Å²) in [7, 11) is 1.64. The van der Waals surface area contributed by atoms with E-state index in [4.69, 9.17) is 0 Å². The summed E-state index contributed by atoms with van der Waals surface area (Å²) >= 11 is 0. The average molecular weight is 459 g/mol.